The lowest BCUT2D eigenvalue weighted by Crippen LogP contribution is -2.26. The highest BCUT2D eigenvalue weighted by atomic mass is 16.7. The molecule has 0 unspecified atom stereocenters. The molecule has 1 aliphatic rings. The normalized spacial score (nSPS) is 16.3. The van der Waals surface area contributed by atoms with Crippen molar-refractivity contribution >= 4 is 11.8 Å². The highest BCUT2D eigenvalue weighted by molar-refractivity contribution is 5.95. The van der Waals surface area contributed by atoms with E-state index in [1.54, 1.807) is 6.07 Å². The Morgan fingerprint density at radius 2 is 2.23 bits per heavy atom. The van der Waals surface area contributed by atoms with Crippen LogP contribution in [-0.4, -0.2) is 34.1 Å². The lowest BCUT2D eigenvalue weighted by molar-refractivity contribution is -0.190. The molecule has 3 N–H and O–H groups in total. The maximum atomic E-state index is 11.7. The molecular weight excluding hydrogens is 284 g/mol. The molecule has 2 rings (SSSR count). The van der Waals surface area contributed by atoms with Crippen LogP contribution in [0.2, 0.25) is 0 Å². The summed E-state index contributed by atoms with van der Waals surface area (Å²) in [7, 11) is 0. The number of benzene rings is 1. The topological polar surface area (TPSA) is 92.9 Å². The lowest BCUT2D eigenvalue weighted by atomic mass is 10.1. The Morgan fingerprint density at radius 3 is 2.82 bits per heavy atom. The number of carbonyl (C=O) groups excluding carboxylic acids is 2. The largest absolute Gasteiger partial charge is 0.507 e. The molecule has 0 bridgehead atoms. The summed E-state index contributed by atoms with van der Waals surface area (Å²) in [6.07, 6.45) is 0.801. The first-order valence-electron chi connectivity index (χ1n) is 6.90. The van der Waals surface area contributed by atoms with Gasteiger partial charge in [-0.05, 0) is 32.0 Å². The molecule has 0 radical (unpaired) electrons. The van der Waals surface area contributed by atoms with Crippen molar-refractivity contribution in [3.63, 3.8) is 0 Å². The minimum absolute atomic E-state index is 0.0339. The Kier molecular flexibility index (Phi) is 4.38. The number of primary amides is 1. The van der Waals surface area contributed by atoms with Crippen LogP contribution in [0.25, 0.3) is 0 Å². The summed E-state index contributed by atoms with van der Waals surface area (Å²) >= 11 is 0. The highest BCUT2D eigenvalue weighted by Crippen LogP contribution is 2.25. The van der Waals surface area contributed by atoms with E-state index in [1.807, 2.05) is 13.8 Å². The first kappa shape index (κ1) is 15.9. The number of carbonyl (C=O) groups is 2. The van der Waals surface area contributed by atoms with Crippen LogP contribution >= 0.6 is 0 Å². The van der Waals surface area contributed by atoms with Crippen LogP contribution in [-0.2, 0) is 9.63 Å². The van der Waals surface area contributed by atoms with Crippen molar-refractivity contribution < 1.29 is 19.5 Å². The Morgan fingerprint density at radius 1 is 1.50 bits per heavy atom. The fraction of sp³-hybridized carbons (Fsp3) is 0.375. The van der Waals surface area contributed by atoms with Gasteiger partial charge in [0.25, 0.3) is 5.91 Å². The second-order valence-electron chi connectivity index (χ2n) is 5.67. The van der Waals surface area contributed by atoms with Crippen molar-refractivity contribution in [3.05, 3.63) is 29.3 Å². The number of nitrogens with zero attached hydrogens (tertiary/aromatic N) is 1. The summed E-state index contributed by atoms with van der Waals surface area (Å²) in [6.45, 7) is 4.10. The van der Waals surface area contributed by atoms with E-state index in [-0.39, 0.29) is 17.2 Å². The molecule has 6 heteroatoms. The standard InChI is InChI=1S/C16H18N2O4/c1-16(2)10-14(20)18(22-16)8-4-3-5-11-6-7-13(19)12(9-11)15(17)21/h6-7,9,19H,4,8,10H2,1-2H3,(H2,17,21). The Labute approximate surface area is 128 Å². The van der Waals surface area contributed by atoms with E-state index < -0.39 is 11.5 Å². The molecule has 116 valence electrons. The fourth-order valence-corrected chi connectivity index (χ4v) is 2.14. The van der Waals surface area contributed by atoms with Crippen LogP contribution in [0.1, 0.15) is 42.6 Å². The smallest absolute Gasteiger partial charge is 0.252 e. The summed E-state index contributed by atoms with van der Waals surface area (Å²) in [5, 5.41) is 10.8. The van der Waals surface area contributed by atoms with Gasteiger partial charge in [0.05, 0.1) is 24.1 Å². The number of nitrogens with two attached hydrogens (primary N) is 1. The Bertz CT molecular complexity index is 670. The molecule has 0 spiro atoms. The third-order valence-corrected chi connectivity index (χ3v) is 3.15. The molecule has 2 amide bonds. The van der Waals surface area contributed by atoms with Gasteiger partial charge >= 0.3 is 0 Å². The first-order chi connectivity index (χ1) is 10.3. The predicted octanol–water partition coefficient (Wildman–Crippen LogP) is 1.18. The van der Waals surface area contributed by atoms with Crippen molar-refractivity contribution in [2.45, 2.75) is 32.3 Å². The summed E-state index contributed by atoms with van der Waals surface area (Å²) in [5.41, 5.74) is 5.30. The number of amides is 2. The average molecular weight is 302 g/mol. The molecule has 1 aromatic rings. The van der Waals surface area contributed by atoms with Gasteiger partial charge in [-0.15, -0.1) is 0 Å². The van der Waals surface area contributed by atoms with Gasteiger partial charge in [0.1, 0.15) is 5.75 Å². The molecular formula is C16H18N2O4. The molecule has 6 nitrogen and oxygen atoms in total. The number of rotatable bonds is 3. The number of hydrogen-bond donors (Lipinski definition) is 2. The maximum absolute atomic E-state index is 11.7. The highest BCUT2D eigenvalue weighted by Gasteiger charge is 2.36. The number of phenols is 1. The van der Waals surface area contributed by atoms with Gasteiger partial charge < -0.3 is 10.8 Å². The fourth-order valence-electron chi connectivity index (χ4n) is 2.14. The molecule has 1 heterocycles. The second-order valence-corrected chi connectivity index (χ2v) is 5.67. The van der Waals surface area contributed by atoms with Crippen molar-refractivity contribution in [1.82, 2.24) is 5.06 Å². The molecule has 0 atom stereocenters. The van der Waals surface area contributed by atoms with Crippen LogP contribution in [0.3, 0.4) is 0 Å². The van der Waals surface area contributed by atoms with Crippen molar-refractivity contribution in [3.8, 4) is 17.6 Å². The molecule has 1 fully saturated rings. The van der Waals surface area contributed by atoms with Gasteiger partial charge in [-0.1, -0.05) is 11.8 Å². The third kappa shape index (κ3) is 3.77. The van der Waals surface area contributed by atoms with Gasteiger partial charge in [-0.25, -0.2) is 5.06 Å². The van der Waals surface area contributed by atoms with Gasteiger partial charge in [-0.2, -0.15) is 0 Å². The van der Waals surface area contributed by atoms with Crippen LogP contribution in [0.15, 0.2) is 18.2 Å². The van der Waals surface area contributed by atoms with Gasteiger partial charge in [0.2, 0.25) is 5.91 Å². The van der Waals surface area contributed by atoms with Crippen molar-refractivity contribution in [1.29, 1.82) is 0 Å². The van der Waals surface area contributed by atoms with E-state index in [1.165, 1.54) is 17.2 Å². The zero-order valence-corrected chi connectivity index (χ0v) is 12.5. The summed E-state index contributed by atoms with van der Waals surface area (Å²) in [4.78, 5) is 28.3. The van der Waals surface area contributed by atoms with Crippen molar-refractivity contribution in [2.24, 2.45) is 5.73 Å². The zero-order valence-electron chi connectivity index (χ0n) is 12.5. The van der Waals surface area contributed by atoms with Crippen LogP contribution in [0, 0.1) is 11.8 Å². The van der Waals surface area contributed by atoms with Crippen LogP contribution in [0.5, 0.6) is 5.75 Å². The van der Waals surface area contributed by atoms with Crippen LogP contribution in [0.4, 0.5) is 0 Å². The maximum Gasteiger partial charge on any atom is 0.252 e. The lowest BCUT2D eigenvalue weighted by Gasteiger charge is -2.18. The molecule has 0 aromatic heterocycles. The van der Waals surface area contributed by atoms with E-state index in [0.29, 0.717) is 24.9 Å². The van der Waals surface area contributed by atoms with E-state index in [9.17, 15) is 14.7 Å². The van der Waals surface area contributed by atoms with Gasteiger partial charge in [0, 0.05) is 12.0 Å². The minimum atomic E-state index is -0.709. The molecule has 1 aliphatic heterocycles. The summed E-state index contributed by atoms with van der Waals surface area (Å²) in [5.74, 6) is 4.84. The molecule has 1 saturated heterocycles. The number of aromatic hydroxyl groups is 1. The monoisotopic (exact) mass is 302 g/mol. The number of hydrogen-bond acceptors (Lipinski definition) is 4. The SMILES string of the molecule is CC1(C)CC(=O)N(CCC#Cc2ccc(O)c(C(N)=O)c2)O1. The zero-order chi connectivity index (χ0) is 16.3. The summed E-state index contributed by atoms with van der Waals surface area (Å²) in [6, 6.07) is 4.40. The van der Waals surface area contributed by atoms with E-state index >= 15 is 0 Å². The average Bonchev–Trinajstić information content (AvgIpc) is 2.69. The van der Waals surface area contributed by atoms with Crippen molar-refractivity contribution in [2.75, 3.05) is 6.54 Å². The van der Waals surface area contributed by atoms with Crippen LogP contribution < -0.4 is 5.73 Å². The number of hydroxylamine groups is 2. The Hall–Kier alpha value is -2.52. The summed E-state index contributed by atoms with van der Waals surface area (Å²) < 4.78 is 0. The molecule has 0 saturated carbocycles. The third-order valence-electron chi connectivity index (χ3n) is 3.15. The molecule has 1 aromatic carbocycles. The quantitative estimate of drug-likeness (QED) is 0.820. The molecule has 22 heavy (non-hydrogen) atoms. The van der Waals surface area contributed by atoms with E-state index in [4.69, 9.17) is 10.6 Å². The predicted molar refractivity (Wildman–Crippen MR) is 79.6 cm³/mol. The van der Waals surface area contributed by atoms with E-state index in [0.717, 1.165) is 0 Å². The van der Waals surface area contributed by atoms with E-state index in [2.05, 4.69) is 11.8 Å². The first-order valence-corrected chi connectivity index (χ1v) is 6.90. The minimum Gasteiger partial charge on any atom is -0.507 e. The molecule has 0 aliphatic carbocycles. The van der Waals surface area contributed by atoms with Gasteiger partial charge in [-0.3, -0.25) is 14.4 Å². The Balaban J connectivity index is 1.96. The second kappa shape index (κ2) is 6.08. The van der Waals surface area contributed by atoms with Gasteiger partial charge in [0.15, 0.2) is 0 Å².